The van der Waals surface area contributed by atoms with Crippen LogP contribution < -0.4 is 11.1 Å². The first kappa shape index (κ1) is 26.9. The van der Waals surface area contributed by atoms with Crippen molar-refractivity contribution in [2.75, 3.05) is 0 Å². The minimum atomic E-state index is -0.640. The highest BCUT2D eigenvalue weighted by Gasteiger charge is 2.15. The maximum absolute atomic E-state index is 12.2. The smallest absolute Gasteiger partial charge is 0.237 e. The van der Waals surface area contributed by atoms with Gasteiger partial charge in [0, 0.05) is 25.4 Å². The zero-order valence-corrected chi connectivity index (χ0v) is 18.5. The molecule has 1 amide bonds. The zero-order chi connectivity index (χ0) is 18.4. The van der Waals surface area contributed by atoms with Crippen molar-refractivity contribution < 1.29 is 4.79 Å². The molecule has 158 valence electrons. The van der Waals surface area contributed by atoms with Crippen LogP contribution in [0.15, 0.2) is 61.2 Å². The van der Waals surface area contributed by atoms with E-state index >= 15 is 0 Å². The molecule has 2 heterocycles. The molecule has 0 fully saturated rings. The van der Waals surface area contributed by atoms with Gasteiger partial charge in [0.15, 0.2) is 0 Å². The van der Waals surface area contributed by atoms with Gasteiger partial charge in [0.05, 0.1) is 30.3 Å². The molecular weight excluding hydrogens is 433 g/mol. The second kappa shape index (κ2) is 13.2. The van der Waals surface area contributed by atoms with E-state index in [1.807, 2.05) is 48.0 Å². The summed E-state index contributed by atoms with van der Waals surface area (Å²) in [7, 11) is 0. The number of carbonyl (C=O) groups excluding carboxylic acids is 1. The van der Waals surface area contributed by atoms with Gasteiger partial charge in [-0.05, 0) is 24.1 Å². The number of hydrogen-bond donors (Lipinski definition) is 2. The average molecular weight is 459 g/mol. The van der Waals surface area contributed by atoms with Crippen LogP contribution in [0.1, 0.15) is 22.5 Å². The van der Waals surface area contributed by atoms with Crippen LogP contribution >= 0.6 is 37.2 Å². The Bertz CT molecular complexity index is 873. The van der Waals surface area contributed by atoms with E-state index in [-0.39, 0.29) is 43.1 Å². The van der Waals surface area contributed by atoms with E-state index in [0.29, 0.717) is 13.0 Å². The van der Waals surface area contributed by atoms with Gasteiger partial charge >= 0.3 is 0 Å². The van der Waals surface area contributed by atoms with Gasteiger partial charge in [-0.25, -0.2) is 4.98 Å². The number of halogens is 3. The summed E-state index contributed by atoms with van der Waals surface area (Å²) in [5.74, 6) is -0.201. The summed E-state index contributed by atoms with van der Waals surface area (Å²) in [6.45, 7) is 3.09. The van der Waals surface area contributed by atoms with Crippen LogP contribution in [0.5, 0.6) is 0 Å². The number of nitrogens with one attached hydrogen (secondary N) is 1. The summed E-state index contributed by atoms with van der Waals surface area (Å²) in [6, 6.07) is 13.3. The van der Waals surface area contributed by atoms with E-state index in [9.17, 15) is 4.79 Å². The number of aromatic nitrogens is 3. The van der Waals surface area contributed by atoms with Crippen molar-refractivity contribution in [1.29, 1.82) is 0 Å². The van der Waals surface area contributed by atoms with Crippen molar-refractivity contribution >= 4 is 43.1 Å². The molecule has 3 rings (SSSR count). The van der Waals surface area contributed by atoms with E-state index in [0.717, 1.165) is 23.5 Å². The van der Waals surface area contributed by atoms with Gasteiger partial charge in [-0.3, -0.25) is 9.78 Å². The topological polar surface area (TPSA) is 85.8 Å². The number of pyridine rings is 1. The van der Waals surface area contributed by atoms with Crippen LogP contribution in [0.2, 0.25) is 0 Å². The molecule has 0 aliphatic rings. The Morgan fingerprint density at radius 1 is 1.10 bits per heavy atom. The Morgan fingerprint density at radius 2 is 1.83 bits per heavy atom. The van der Waals surface area contributed by atoms with Crippen molar-refractivity contribution in [1.82, 2.24) is 19.9 Å². The number of imidazole rings is 1. The Hall–Kier alpha value is -2.12. The van der Waals surface area contributed by atoms with Crippen molar-refractivity contribution in [3.63, 3.8) is 0 Å². The molecule has 0 saturated carbocycles. The Balaban J connectivity index is 0.00000261. The molecule has 3 aromatic rings. The highest BCUT2D eigenvalue weighted by molar-refractivity contribution is 5.86. The maximum Gasteiger partial charge on any atom is 0.237 e. The number of nitrogens with zero attached hydrogens (tertiary/aromatic N) is 3. The molecule has 0 aliphatic heterocycles. The van der Waals surface area contributed by atoms with Gasteiger partial charge in [-0.2, -0.15) is 0 Å². The lowest BCUT2D eigenvalue weighted by Gasteiger charge is -2.11. The molecule has 0 saturated heterocycles. The highest BCUT2D eigenvalue weighted by Crippen LogP contribution is 2.06. The molecule has 29 heavy (non-hydrogen) atoms. The molecule has 6 nitrogen and oxygen atoms in total. The monoisotopic (exact) mass is 457 g/mol. The van der Waals surface area contributed by atoms with E-state index in [1.165, 1.54) is 5.56 Å². The lowest BCUT2D eigenvalue weighted by molar-refractivity contribution is -0.122. The lowest BCUT2D eigenvalue weighted by atomic mass is 10.1. The third-order valence-corrected chi connectivity index (χ3v) is 4.21. The van der Waals surface area contributed by atoms with E-state index < -0.39 is 6.04 Å². The van der Waals surface area contributed by atoms with Crippen molar-refractivity contribution in [2.24, 2.45) is 5.73 Å². The molecule has 9 heteroatoms. The third kappa shape index (κ3) is 8.03. The maximum atomic E-state index is 12.2. The summed E-state index contributed by atoms with van der Waals surface area (Å²) < 4.78 is 1.99. The van der Waals surface area contributed by atoms with Gasteiger partial charge in [-0.1, -0.05) is 36.4 Å². The Morgan fingerprint density at radius 3 is 2.52 bits per heavy atom. The van der Waals surface area contributed by atoms with Crippen LogP contribution in [0.3, 0.4) is 0 Å². The SMILES string of the molecule is Cc1cccnc1CNC(=O)[C@@H](N)Cc1cn(Cc2ccccc2)cn1.Cl.Cl.Cl. The van der Waals surface area contributed by atoms with Crippen molar-refractivity contribution in [2.45, 2.75) is 32.5 Å². The molecule has 1 atom stereocenters. The van der Waals surface area contributed by atoms with Crippen LogP contribution in [-0.2, 0) is 24.3 Å². The van der Waals surface area contributed by atoms with Gasteiger partial charge in [0.1, 0.15) is 0 Å². The van der Waals surface area contributed by atoms with Gasteiger partial charge < -0.3 is 15.6 Å². The molecule has 0 spiro atoms. The minimum absolute atomic E-state index is 0. The van der Waals surface area contributed by atoms with Gasteiger partial charge in [-0.15, -0.1) is 37.2 Å². The fraction of sp³-hybridized carbons (Fsp3) is 0.250. The summed E-state index contributed by atoms with van der Waals surface area (Å²) in [6.07, 6.45) is 5.82. The van der Waals surface area contributed by atoms with Crippen molar-refractivity contribution in [3.05, 3.63) is 83.7 Å². The second-order valence-electron chi connectivity index (χ2n) is 6.32. The van der Waals surface area contributed by atoms with Gasteiger partial charge in [0.25, 0.3) is 0 Å². The number of rotatable bonds is 7. The number of carbonyl (C=O) groups is 1. The Labute approximate surface area is 189 Å². The minimum Gasteiger partial charge on any atom is -0.349 e. The second-order valence-corrected chi connectivity index (χ2v) is 6.32. The third-order valence-electron chi connectivity index (χ3n) is 4.21. The number of nitrogens with two attached hydrogens (primary N) is 1. The number of benzene rings is 1. The molecule has 0 aliphatic carbocycles. The summed E-state index contributed by atoms with van der Waals surface area (Å²) in [5.41, 5.74) is 9.92. The average Bonchev–Trinajstić information content (AvgIpc) is 3.08. The molecular formula is C20H26Cl3N5O. The fourth-order valence-corrected chi connectivity index (χ4v) is 2.72. The summed E-state index contributed by atoms with van der Waals surface area (Å²) in [5, 5.41) is 2.85. The van der Waals surface area contributed by atoms with Crippen LogP contribution in [0.4, 0.5) is 0 Å². The predicted octanol–water partition coefficient (Wildman–Crippen LogP) is 3.09. The number of hydrogen-bond acceptors (Lipinski definition) is 4. The fourth-order valence-electron chi connectivity index (χ4n) is 2.72. The van der Waals surface area contributed by atoms with Crippen LogP contribution in [0.25, 0.3) is 0 Å². The van der Waals surface area contributed by atoms with Crippen LogP contribution in [0, 0.1) is 6.92 Å². The normalized spacial score (nSPS) is 10.7. The number of amides is 1. The molecule has 0 bridgehead atoms. The number of aryl methyl sites for hydroxylation is 1. The first-order valence-corrected chi connectivity index (χ1v) is 8.60. The first-order chi connectivity index (χ1) is 12.6. The largest absolute Gasteiger partial charge is 0.349 e. The Kier molecular flexibility index (Phi) is 12.2. The van der Waals surface area contributed by atoms with Crippen molar-refractivity contribution in [3.8, 4) is 0 Å². The summed E-state index contributed by atoms with van der Waals surface area (Å²) >= 11 is 0. The quantitative estimate of drug-likeness (QED) is 0.570. The molecule has 2 aromatic heterocycles. The van der Waals surface area contributed by atoms with Gasteiger partial charge in [0.2, 0.25) is 5.91 Å². The standard InChI is InChI=1S/C20H23N5O.3ClH/c1-15-6-5-9-22-19(15)11-23-20(26)18(21)10-17-13-25(14-24-17)12-16-7-3-2-4-8-16;;;/h2-9,13-14,18H,10-12,21H2,1H3,(H,23,26);3*1H/t18-;;;/m0.../s1. The molecule has 1 aromatic carbocycles. The first-order valence-electron chi connectivity index (χ1n) is 8.60. The zero-order valence-electron chi connectivity index (χ0n) is 16.0. The predicted molar refractivity (Wildman–Crippen MR) is 122 cm³/mol. The van der Waals surface area contributed by atoms with Crippen LogP contribution in [-0.4, -0.2) is 26.5 Å². The van der Waals surface area contributed by atoms with E-state index in [2.05, 4.69) is 27.4 Å². The molecule has 0 radical (unpaired) electrons. The molecule has 0 unspecified atom stereocenters. The van der Waals surface area contributed by atoms with E-state index in [4.69, 9.17) is 5.73 Å². The summed E-state index contributed by atoms with van der Waals surface area (Å²) in [4.78, 5) is 20.9. The molecule has 3 N–H and O–H groups in total. The lowest BCUT2D eigenvalue weighted by Crippen LogP contribution is -2.41. The van der Waals surface area contributed by atoms with E-state index in [1.54, 1.807) is 12.5 Å². The highest BCUT2D eigenvalue weighted by atomic mass is 35.5.